The zero-order valence-corrected chi connectivity index (χ0v) is 15.5. The molecule has 2 aromatic rings. The van der Waals surface area contributed by atoms with Crippen LogP contribution in [0.5, 0.6) is 0 Å². The number of aromatic nitrogens is 1. The number of nitrogens with zero attached hydrogens (tertiary/aromatic N) is 2. The Morgan fingerprint density at radius 2 is 1.96 bits per heavy atom. The summed E-state index contributed by atoms with van der Waals surface area (Å²) in [5, 5.41) is 2.81. The molecule has 0 aliphatic carbocycles. The van der Waals surface area contributed by atoms with Gasteiger partial charge < -0.3 is 5.32 Å². The quantitative estimate of drug-likeness (QED) is 0.822. The lowest BCUT2D eigenvalue weighted by Gasteiger charge is -2.19. The molecule has 25 heavy (non-hydrogen) atoms. The van der Waals surface area contributed by atoms with Crippen molar-refractivity contribution in [2.75, 3.05) is 18.1 Å². The van der Waals surface area contributed by atoms with Gasteiger partial charge in [0, 0.05) is 37.6 Å². The van der Waals surface area contributed by atoms with Crippen molar-refractivity contribution in [3.63, 3.8) is 0 Å². The minimum absolute atomic E-state index is 0.0836. The van der Waals surface area contributed by atoms with Crippen molar-refractivity contribution in [1.29, 1.82) is 0 Å². The highest BCUT2D eigenvalue weighted by atomic mass is 32.2. The van der Waals surface area contributed by atoms with Crippen LogP contribution in [0.25, 0.3) is 0 Å². The molecule has 0 spiro atoms. The van der Waals surface area contributed by atoms with Crippen molar-refractivity contribution < 1.29 is 13.2 Å². The van der Waals surface area contributed by atoms with E-state index in [2.05, 4.69) is 10.3 Å². The molecule has 0 saturated heterocycles. The summed E-state index contributed by atoms with van der Waals surface area (Å²) < 4.78 is 25.2. The number of aryl methyl sites for hydroxylation is 2. The van der Waals surface area contributed by atoms with Crippen LogP contribution in [0, 0.1) is 13.8 Å². The molecule has 1 amide bonds. The maximum atomic E-state index is 12.1. The Labute approximate surface area is 148 Å². The lowest BCUT2D eigenvalue weighted by Crippen LogP contribution is -2.32. The van der Waals surface area contributed by atoms with Crippen molar-refractivity contribution >= 4 is 21.6 Å². The SMILES string of the molecule is Cc1ccc(NC(=O)CCN(Cc2cccnc2)S(C)(=O)=O)cc1C. The summed E-state index contributed by atoms with van der Waals surface area (Å²) in [5.74, 6) is -0.219. The van der Waals surface area contributed by atoms with E-state index in [4.69, 9.17) is 0 Å². The van der Waals surface area contributed by atoms with Crippen molar-refractivity contribution in [1.82, 2.24) is 9.29 Å². The van der Waals surface area contributed by atoms with E-state index in [1.54, 1.807) is 24.5 Å². The molecule has 6 nitrogen and oxygen atoms in total. The van der Waals surface area contributed by atoms with Crippen molar-refractivity contribution in [3.05, 3.63) is 59.4 Å². The smallest absolute Gasteiger partial charge is 0.225 e. The lowest BCUT2D eigenvalue weighted by molar-refractivity contribution is -0.116. The summed E-state index contributed by atoms with van der Waals surface area (Å²) in [6.45, 7) is 4.29. The first-order valence-electron chi connectivity index (χ1n) is 7.97. The Bertz CT molecular complexity index is 836. The molecule has 1 aromatic carbocycles. The summed E-state index contributed by atoms with van der Waals surface area (Å²) in [7, 11) is -3.42. The Kier molecular flexibility index (Phi) is 6.27. The van der Waals surface area contributed by atoms with Gasteiger partial charge in [0.2, 0.25) is 15.9 Å². The first-order valence-corrected chi connectivity index (χ1v) is 9.81. The molecule has 0 unspecified atom stereocenters. The molecule has 0 fully saturated rings. The summed E-state index contributed by atoms with van der Waals surface area (Å²) in [4.78, 5) is 16.1. The molecule has 1 heterocycles. The molecule has 7 heteroatoms. The summed E-state index contributed by atoms with van der Waals surface area (Å²) >= 11 is 0. The first-order chi connectivity index (χ1) is 11.8. The van der Waals surface area contributed by atoms with Crippen molar-refractivity contribution in [2.45, 2.75) is 26.8 Å². The van der Waals surface area contributed by atoms with E-state index in [1.165, 1.54) is 4.31 Å². The van der Waals surface area contributed by atoms with E-state index in [1.807, 2.05) is 32.0 Å². The van der Waals surface area contributed by atoms with Crippen LogP contribution >= 0.6 is 0 Å². The summed E-state index contributed by atoms with van der Waals surface area (Å²) in [6.07, 6.45) is 4.48. The molecular formula is C18H23N3O3S. The van der Waals surface area contributed by atoms with Crippen LogP contribution in [-0.2, 0) is 21.4 Å². The number of anilines is 1. The third-order valence-electron chi connectivity index (χ3n) is 3.93. The molecule has 1 aromatic heterocycles. The van der Waals surface area contributed by atoms with Gasteiger partial charge in [0.05, 0.1) is 6.26 Å². The summed E-state index contributed by atoms with van der Waals surface area (Å²) in [6, 6.07) is 9.24. The van der Waals surface area contributed by atoms with Crippen LogP contribution in [0.2, 0.25) is 0 Å². The number of carbonyl (C=O) groups is 1. The number of carbonyl (C=O) groups excluding carboxylic acids is 1. The minimum atomic E-state index is -3.42. The molecule has 0 aliphatic heterocycles. The predicted molar refractivity (Wildman–Crippen MR) is 98.7 cm³/mol. The monoisotopic (exact) mass is 361 g/mol. The van der Waals surface area contributed by atoms with Gasteiger partial charge in [0.15, 0.2) is 0 Å². The van der Waals surface area contributed by atoms with Gasteiger partial charge in [0.25, 0.3) is 0 Å². The zero-order valence-electron chi connectivity index (χ0n) is 14.7. The topological polar surface area (TPSA) is 79.4 Å². The predicted octanol–water partition coefficient (Wildman–Crippen LogP) is 2.49. The number of nitrogens with one attached hydrogen (secondary N) is 1. The third-order valence-corrected chi connectivity index (χ3v) is 5.18. The lowest BCUT2D eigenvalue weighted by atomic mass is 10.1. The van der Waals surface area contributed by atoms with Gasteiger partial charge in [-0.15, -0.1) is 0 Å². The second-order valence-corrected chi connectivity index (χ2v) is 8.04. The molecular weight excluding hydrogens is 338 g/mol. The Balaban J connectivity index is 1.97. The van der Waals surface area contributed by atoms with Crippen molar-refractivity contribution in [2.24, 2.45) is 0 Å². The van der Waals surface area contributed by atoms with Crippen LogP contribution in [-0.4, -0.2) is 36.4 Å². The molecule has 134 valence electrons. The highest BCUT2D eigenvalue weighted by Gasteiger charge is 2.18. The van der Waals surface area contributed by atoms with Gasteiger partial charge in [-0.25, -0.2) is 8.42 Å². The van der Waals surface area contributed by atoms with E-state index in [9.17, 15) is 13.2 Å². The number of sulfonamides is 1. The average Bonchev–Trinajstić information content (AvgIpc) is 2.55. The van der Waals surface area contributed by atoms with Gasteiger partial charge in [-0.1, -0.05) is 12.1 Å². The van der Waals surface area contributed by atoms with Gasteiger partial charge in [-0.3, -0.25) is 9.78 Å². The van der Waals surface area contributed by atoms with Crippen LogP contribution in [0.15, 0.2) is 42.7 Å². The minimum Gasteiger partial charge on any atom is -0.326 e. The Hall–Kier alpha value is -2.25. The molecule has 0 atom stereocenters. The maximum Gasteiger partial charge on any atom is 0.225 e. The zero-order chi connectivity index (χ0) is 18.4. The normalized spacial score (nSPS) is 11.5. The van der Waals surface area contributed by atoms with Gasteiger partial charge in [0.1, 0.15) is 0 Å². The fourth-order valence-corrected chi connectivity index (χ4v) is 3.13. The second kappa shape index (κ2) is 8.22. The largest absolute Gasteiger partial charge is 0.326 e. The summed E-state index contributed by atoms with van der Waals surface area (Å²) in [5.41, 5.74) is 3.73. The van der Waals surface area contributed by atoms with E-state index < -0.39 is 10.0 Å². The molecule has 0 bridgehead atoms. The van der Waals surface area contributed by atoms with E-state index >= 15 is 0 Å². The highest BCUT2D eigenvalue weighted by Crippen LogP contribution is 2.15. The van der Waals surface area contributed by atoms with Gasteiger partial charge in [-0.05, 0) is 48.7 Å². The van der Waals surface area contributed by atoms with Crippen molar-refractivity contribution in [3.8, 4) is 0 Å². The highest BCUT2D eigenvalue weighted by molar-refractivity contribution is 7.88. The number of pyridine rings is 1. The van der Waals surface area contributed by atoms with E-state index in [-0.39, 0.29) is 25.4 Å². The van der Waals surface area contributed by atoms with Crippen LogP contribution in [0.3, 0.4) is 0 Å². The van der Waals surface area contributed by atoms with Crippen LogP contribution in [0.1, 0.15) is 23.1 Å². The second-order valence-electron chi connectivity index (χ2n) is 6.06. The number of amides is 1. The third kappa shape index (κ3) is 5.95. The maximum absolute atomic E-state index is 12.1. The molecule has 1 N–H and O–H groups in total. The van der Waals surface area contributed by atoms with Gasteiger partial charge >= 0.3 is 0 Å². The molecule has 0 aliphatic rings. The number of hydrogen-bond acceptors (Lipinski definition) is 4. The number of benzene rings is 1. The number of rotatable bonds is 7. The number of hydrogen-bond donors (Lipinski definition) is 1. The van der Waals surface area contributed by atoms with Crippen LogP contribution in [0.4, 0.5) is 5.69 Å². The first kappa shape index (κ1) is 19.1. The van der Waals surface area contributed by atoms with Gasteiger partial charge in [-0.2, -0.15) is 4.31 Å². The van der Waals surface area contributed by atoms with Crippen LogP contribution < -0.4 is 5.32 Å². The van der Waals surface area contributed by atoms with E-state index in [0.29, 0.717) is 5.69 Å². The average molecular weight is 361 g/mol. The molecule has 2 rings (SSSR count). The Morgan fingerprint density at radius 3 is 2.56 bits per heavy atom. The molecule has 0 saturated carbocycles. The van der Waals surface area contributed by atoms with E-state index in [0.717, 1.165) is 22.9 Å². The fraction of sp³-hybridized carbons (Fsp3) is 0.333. The Morgan fingerprint density at radius 1 is 1.20 bits per heavy atom. The molecule has 0 radical (unpaired) electrons. The standard InChI is InChI=1S/C18H23N3O3S/c1-14-6-7-17(11-15(14)2)20-18(22)8-10-21(25(3,23)24)13-16-5-4-9-19-12-16/h4-7,9,11-12H,8,10,13H2,1-3H3,(H,20,22). The fourth-order valence-electron chi connectivity index (χ4n) is 2.33.